The molecule has 1 aliphatic rings. The number of nitrogens with zero attached hydrogens (tertiary/aromatic N) is 3. The topological polar surface area (TPSA) is 59.8 Å². The summed E-state index contributed by atoms with van der Waals surface area (Å²) >= 11 is 1.47. The first-order valence-corrected chi connectivity index (χ1v) is 10.1. The van der Waals surface area contributed by atoms with Crippen LogP contribution >= 0.6 is 11.8 Å². The molecule has 3 rings (SSSR count). The summed E-state index contributed by atoms with van der Waals surface area (Å²) in [6.45, 7) is 4.93. The number of nitrogens with one attached hydrogen (secondary N) is 1. The van der Waals surface area contributed by atoms with Gasteiger partial charge in [0.25, 0.3) is 0 Å². The first-order chi connectivity index (χ1) is 12.2. The molecule has 1 saturated carbocycles. The van der Waals surface area contributed by atoms with Gasteiger partial charge in [-0.1, -0.05) is 54.8 Å². The number of hydrogen-bond acceptors (Lipinski definition) is 4. The first kappa shape index (κ1) is 18.0. The van der Waals surface area contributed by atoms with E-state index in [9.17, 15) is 4.79 Å². The Morgan fingerprint density at radius 3 is 2.80 bits per heavy atom. The largest absolute Gasteiger partial charge is 0.353 e. The second-order valence-electron chi connectivity index (χ2n) is 6.61. The zero-order valence-electron chi connectivity index (χ0n) is 15.0. The van der Waals surface area contributed by atoms with Gasteiger partial charge in [-0.3, -0.25) is 4.79 Å². The molecule has 134 valence electrons. The predicted molar refractivity (Wildman–Crippen MR) is 102 cm³/mol. The summed E-state index contributed by atoms with van der Waals surface area (Å²) in [4.78, 5) is 12.2. The van der Waals surface area contributed by atoms with E-state index in [0.29, 0.717) is 11.8 Å². The van der Waals surface area contributed by atoms with Gasteiger partial charge in [0.15, 0.2) is 11.0 Å². The molecule has 1 aliphatic carbocycles. The quantitative estimate of drug-likeness (QED) is 0.798. The zero-order valence-corrected chi connectivity index (χ0v) is 15.8. The summed E-state index contributed by atoms with van der Waals surface area (Å²) in [7, 11) is 0. The maximum absolute atomic E-state index is 12.2. The molecular formula is C19H26N4OS. The van der Waals surface area contributed by atoms with Crippen LogP contribution in [0.2, 0.25) is 0 Å². The molecular weight excluding hydrogens is 332 g/mol. The molecule has 25 heavy (non-hydrogen) atoms. The highest BCUT2D eigenvalue weighted by atomic mass is 32.2. The number of thioether (sulfide) groups is 1. The Balaban J connectivity index is 1.63. The van der Waals surface area contributed by atoms with Crippen LogP contribution in [0.5, 0.6) is 0 Å². The van der Waals surface area contributed by atoms with E-state index >= 15 is 0 Å². The molecule has 1 aromatic heterocycles. The fourth-order valence-corrected chi connectivity index (χ4v) is 4.14. The number of carbonyl (C=O) groups is 1. The van der Waals surface area contributed by atoms with E-state index in [0.717, 1.165) is 35.9 Å². The predicted octanol–water partition coefficient (Wildman–Crippen LogP) is 3.81. The van der Waals surface area contributed by atoms with Crippen molar-refractivity contribution in [3.63, 3.8) is 0 Å². The number of aromatic nitrogens is 3. The molecule has 1 aromatic carbocycles. The monoisotopic (exact) mass is 358 g/mol. The van der Waals surface area contributed by atoms with E-state index in [2.05, 4.69) is 46.1 Å². The van der Waals surface area contributed by atoms with Crippen molar-refractivity contribution in [1.82, 2.24) is 20.1 Å². The van der Waals surface area contributed by atoms with Gasteiger partial charge in [0.2, 0.25) is 5.91 Å². The van der Waals surface area contributed by atoms with Gasteiger partial charge in [-0.05, 0) is 32.8 Å². The van der Waals surface area contributed by atoms with E-state index in [-0.39, 0.29) is 5.91 Å². The lowest BCUT2D eigenvalue weighted by Gasteiger charge is -2.22. The maximum Gasteiger partial charge on any atom is 0.230 e. The molecule has 2 aromatic rings. The molecule has 0 atom stereocenters. The second-order valence-corrected chi connectivity index (χ2v) is 7.55. The number of amides is 1. The number of rotatable bonds is 6. The highest BCUT2D eigenvalue weighted by Gasteiger charge is 2.18. The normalized spacial score (nSPS) is 15.3. The fourth-order valence-electron chi connectivity index (χ4n) is 3.32. The summed E-state index contributed by atoms with van der Waals surface area (Å²) in [5, 5.41) is 12.6. The summed E-state index contributed by atoms with van der Waals surface area (Å²) in [5.41, 5.74) is 2.26. The van der Waals surface area contributed by atoms with Gasteiger partial charge >= 0.3 is 0 Å². The van der Waals surface area contributed by atoms with Crippen molar-refractivity contribution in [3.8, 4) is 11.4 Å². The third kappa shape index (κ3) is 4.63. The third-order valence-corrected chi connectivity index (χ3v) is 5.58. The lowest BCUT2D eigenvalue weighted by Crippen LogP contribution is -2.37. The zero-order chi connectivity index (χ0) is 17.6. The smallest absolute Gasteiger partial charge is 0.230 e. The minimum Gasteiger partial charge on any atom is -0.353 e. The molecule has 0 radical (unpaired) electrons. The van der Waals surface area contributed by atoms with Gasteiger partial charge in [0.05, 0.1) is 5.75 Å². The standard InChI is InChI=1S/C19H26N4OS/c1-3-23-18(15-9-7-8-14(2)12-15)21-22-19(23)25-13-17(24)20-16-10-5-4-6-11-16/h7-9,12,16H,3-6,10-11,13H2,1-2H3,(H,20,24). The average Bonchev–Trinajstić information content (AvgIpc) is 3.04. The van der Waals surface area contributed by atoms with Gasteiger partial charge in [0.1, 0.15) is 0 Å². The molecule has 6 heteroatoms. The first-order valence-electron chi connectivity index (χ1n) is 9.09. The molecule has 1 fully saturated rings. The average molecular weight is 359 g/mol. The lowest BCUT2D eigenvalue weighted by atomic mass is 9.95. The minimum absolute atomic E-state index is 0.0969. The molecule has 1 N–H and O–H groups in total. The van der Waals surface area contributed by atoms with Crippen LogP contribution in [0.25, 0.3) is 11.4 Å². The number of hydrogen-bond donors (Lipinski definition) is 1. The van der Waals surface area contributed by atoms with Gasteiger partial charge in [-0.2, -0.15) is 0 Å². The fraction of sp³-hybridized carbons (Fsp3) is 0.526. The van der Waals surface area contributed by atoms with Crippen molar-refractivity contribution in [1.29, 1.82) is 0 Å². The van der Waals surface area contributed by atoms with Gasteiger partial charge < -0.3 is 9.88 Å². The van der Waals surface area contributed by atoms with Gasteiger partial charge in [-0.15, -0.1) is 10.2 Å². The van der Waals surface area contributed by atoms with Gasteiger partial charge in [0, 0.05) is 18.2 Å². The Bertz CT molecular complexity index is 722. The molecule has 0 bridgehead atoms. The highest BCUT2D eigenvalue weighted by Crippen LogP contribution is 2.24. The van der Waals surface area contributed by atoms with E-state index in [1.54, 1.807) is 0 Å². The van der Waals surface area contributed by atoms with Crippen molar-refractivity contribution >= 4 is 17.7 Å². The number of carbonyl (C=O) groups excluding carboxylic acids is 1. The van der Waals surface area contributed by atoms with Crippen LogP contribution in [0, 0.1) is 6.92 Å². The Morgan fingerprint density at radius 2 is 2.08 bits per heavy atom. The second kappa shape index (κ2) is 8.52. The van der Waals surface area contributed by atoms with E-state index in [1.807, 2.05) is 12.1 Å². The maximum atomic E-state index is 12.2. The summed E-state index contributed by atoms with van der Waals surface area (Å²) in [6.07, 6.45) is 5.96. The SMILES string of the molecule is CCn1c(SCC(=O)NC2CCCCC2)nnc1-c1cccc(C)c1. The van der Waals surface area contributed by atoms with Crippen LogP contribution in [0.4, 0.5) is 0 Å². The molecule has 5 nitrogen and oxygen atoms in total. The Hall–Kier alpha value is -1.82. The lowest BCUT2D eigenvalue weighted by molar-refractivity contribution is -0.119. The van der Waals surface area contributed by atoms with Crippen LogP contribution < -0.4 is 5.32 Å². The van der Waals surface area contributed by atoms with Crippen molar-refractivity contribution in [2.45, 2.75) is 63.7 Å². The Kier molecular flexibility index (Phi) is 6.13. The summed E-state index contributed by atoms with van der Waals surface area (Å²) < 4.78 is 2.08. The van der Waals surface area contributed by atoms with Crippen molar-refractivity contribution < 1.29 is 4.79 Å². The Morgan fingerprint density at radius 1 is 1.28 bits per heavy atom. The third-order valence-electron chi connectivity index (χ3n) is 4.61. The van der Waals surface area contributed by atoms with E-state index in [1.165, 1.54) is 36.6 Å². The number of benzene rings is 1. The molecule has 0 saturated heterocycles. The van der Waals surface area contributed by atoms with Crippen molar-refractivity contribution in [3.05, 3.63) is 29.8 Å². The van der Waals surface area contributed by atoms with E-state index in [4.69, 9.17) is 0 Å². The van der Waals surface area contributed by atoms with Gasteiger partial charge in [-0.25, -0.2) is 0 Å². The summed E-state index contributed by atoms with van der Waals surface area (Å²) in [5.74, 6) is 1.35. The van der Waals surface area contributed by atoms with Crippen LogP contribution in [0.1, 0.15) is 44.6 Å². The summed E-state index contributed by atoms with van der Waals surface area (Å²) in [6, 6.07) is 8.62. The highest BCUT2D eigenvalue weighted by molar-refractivity contribution is 7.99. The molecule has 0 unspecified atom stereocenters. The minimum atomic E-state index is 0.0969. The van der Waals surface area contributed by atoms with Crippen LogP contribution in [-0.2, 0) is 11.3 Å². The van der Waals surface area contributed by atoms with Crippen molar-refractivity contribution in [2.24, 2.45) is 0 Å². The van der Waals surface area contributed by atoms with Crippen molar-refractivity contribution in [2.75, 3.05) is 5.75 Å². The Labute approximate surface area is 153 Å². The molecule has 1 amide bonds. The van der Waals surface area contributed by atoms with Crippen LogP contribution in [0.15, 0.2) is 29.4 Å². The van der Waals surface area contributed by atoms with Crippen LogP contribution in [-0.4, -0.2) is 32.5 Å². The molecule has 0 spiro atoms. The number of aryl methyl sites for hydroxylation is 1. The van der Waals surface area contributed by atoms with E-state index < -0.39 is 0 Å². The van der Waals surface area contributed by atoms with Crippen LogP contribution in [0.3, 0.4) is 0 Å². The molecule has 0 aliphatic heterocycles. The molecule has 1 heterocycles.